The van der Waals surface area contributed by atoms with E-state index in [1.54, 1.807) is 0 Å². The molecule has 0 heterocycles. The van der Waals surface area contributed by atoms with Crippen LogP contribution in [0.1, 0.15) is 43.2 Å². The fourth-order valence-electron chi connectivity index (χ4n) is 3.48. The number of fused-ring (bicyclic) bond motifs is 1. The summed E-state index contributed by atoms with van der Waals surface area (Å²) < 4.78 is 0. The fraction of sp³-hybridized carbons (Fsp3) is 0.467. The van der Waals surface area contributed by atoms with Gasteiger partial charge in [0.2, 0.25) is 0 Å². The van der Waals surface area contributed by atoms with Crippen molar-refractivity contribution in [2.75, 3.05) is 0 Å². The number of aryl methyl sites for hydroxylation is 1. The van der Waals surface area contributed by atoms with Crippen LogP contribution in [-0.2, 0) is 6.42 Å². The van der Waals surface area contributed by atoms with E-state index in [1.807, 2.05) is 6.07 Å². The predicted molar refractivity (Wildman–Crippen MR) is 69.7 cm³/mol. The monoisotopic (exact) mass is 232 g/mol. The smallest absolute Gasteiger partial charge is 0.0409 e. The van der Waals surface area contributed by atoms with Crippen molar-refractivity contribution >= 4 is 17.2 Å². The quantitative estimate of drug-likeness (QED) is 0.599. The number of halogens is 1. The van der Waals surface area contributed by atoms with E-state index in [2.05, 4.69) is 18.7 Å². The standard InChI is InChI=1S/C15H17Cl/c1-11-14-5-4-13(16)10-12(14)6-9-15(11)7-2-3-8-15/h4-5,10H,1-3,6-9H2. The first kappa shape index (κ1) is 10.4. The van der Waals surface area contributed by atoms with Gasteiger partial charge in [0.15, 0.2) is 0 Å². The maximum Gasteiger partial charge on any atom is 0.0409 e. The van der Waals surface area contributed by atoms with Gasteiger partial charge in [-0.25, -0.2) is 0 Å². The molecule has 0 N–H and O–H groups in total. The van der Waals surface area contributed by atoms with E-state index in [9.17, 15) is 0 Å². The van der Waals surface area contributed by atoms with Gasteiger partial charge < -0.3 is 0 Å². The summed E-state index contributed by atoms with van der Waals surface area (Å²) in [6, 6.07) is 6.28. The van der Waals surface area contributed by atoms with Gasteiger partial charge in [-0.05, 0) is 59.9 Å². The molecule has 84 valence electrons. The zero-order valence-corrected chi connectivity index (χ0v) is 10.3. The number of hydrogen-bond acceptors (Lipinski definition) is 0. The highest BCUT2D eigenvalue weighted by molar-refractivity contribution is 6.30. The molecule has 1 aromatic carbocycles. The van der Waals surface area contributed by atoms with Gasteiger partial charge in [0, 0.05) is 5.02 Å². The molecule has 0 atom stereocenters. The molecule has 1 saturated carbocycles. The zero-order chi connectivity index (χ0) is 11.2. The van der Waals surface area contributed by atoms with Crippen LogP contribution in [0.4, 0.5) is 0 Å². The molecule has 0 bridgehead atoms. The summed E-state index contributed by atoms with van der Waals surface area (Å²) in [6.45, 7) is 4.38. The van der Waals surface area contributed by atoms with E-state index >= 15 is 0 Å². The molecular weight excluding hydrogens is 216 g/mol. The lowest BCUT2D eigenvalue weighted by molar-refractivity contribution is 0.371. The van der Waals surface area contributed by atoms with Gasteiger partial charge in [-0.1, -0.05) is 37.1 Å². The van der Waals surface area contributed by atoms with Crippen molar-refractivity contribution in [3.05, 3.63) is 40.9 Å². The minimum Gasteiger partial charge on any atom is -0.0947 e. The summed E-state index contributed by atoms with van der Waals surface area (Å²) in [4.78, 5) is 0. The maximum absolute atomic E-state index is 6.05. The molecule has 16 heavy (non-hydrogen) atoms. The second-order valence-electron chi connectivity index (χ2n) is 5.27. The Balaban J connectivity index is 2.05. The first-order chi connectivity index (χ1) is 7.71. The minimum atomic E-state index is 0.431. The molecule has 1 fully saturated rings. The van der Waals surface area contributed by atoms with Gasteiger partial charge in [0.05, 0.1) is 0 Å². The largest absolute Gasteiger partial charge is 0.0947 e. The molecule has 1 spiro atoms. The lowest BCUT2D eigenvalue weighted by Crippen LogP contribution is -2.24. The molecular formula is C15H17Cl. The molecule has 0 saturated heterocycles. The second kappa shape index (κ2) is 3.63. The van der Waals surface area contributed by atoms with E-state index in [-0.39, 0.29) is 0 Å². The van der Waals surface area contributed by atoms with Gasteiger partial charge in [-0.3, -0.25) is 0 Å². The van der Waals surface area contributed by atoms with Crippen LogP contribution in [0.25, 0.3) is 5.57 Å². The van der Waals surface area contributed by atoms with E-state index in [0.29, 0.717) is 5.41 Å². The number of benzene rings is 1. The van der Waals surface area contributed by atoms with Crippen LogP contribution < -0.4 is 0 Å². The van der Waals surface area contributed by atoms with E-state index in [0.717, 1.165) is 5.02 Å². The van der Waals surface area contributed by atoms with Crippen molar-refractivity contribution < 1.29 is 0 Å². The third-order valence-corrected chi connectivity index (χ3v) is 4.70. The van der Waals surface area contributed by atoms with Gasteiger partial charge in [-0.15, -0.1) is 0 Å². The van der Waals surface area contributed by atoms with E-state index < -0.39 is 0 Å². The molecule has 1 aromatic rings. The van der Waals surface area contributed by atoms with Gasteiger partial charge >= 0.3 is 0 Å². The summed E-state index contributed by atoms with van der Waals surface area (Å²) in [6.07, 6.45) is 7.89. The summed E-state index contributed by atoms with van der Waals surface area (Å²) in [5.74, 6) is 0. The molecule has 0 amide bonds. The molecule has 1 heteroatoms. The molecule has 0 radical (unpaired) electrons. The minimum absolute atomic E-state index is 0.431. The Labute approximate surface area is 102 Å². The Morgan fingerprint density at radius 2 is 1.88 bits per heavy atom. The molecule has 2 aliphatic carbocycles. The number of hydrogen-bond donors (Lipinski definition) is 0. The molecule has 0 unspecified atom stereocenters. The summed E-state index contributed by atoms with van der Waals surface area (Å²) in [7, 11) is 0. The van der Waals surface area contributed by atoms with Gasteiger partial charge in [0.1, 0.15) is 0 Å². The molecule has 0 nitrogen and oxygen atoms in total. The predicted octanol–water partition coefficient (Wildman–Crippen LogP) is 4.86. The molecule has 3 rings (SSSR count). The van der Waals surface area contributed by atoms with E-state index in [4.69, 9.17) is 11.6 Å². The molecule has 2 aliphatic rings. The van der Waals surface area contributed by atoms with Crippen LogP contribution in [0.5, 0.6) is 0 Å². The zero-order valence-electron chi connectivity index (χ0n) is 9.56. The SMILES string of the molecule is C=C1c2ccc(Cl)cc2CCC12CCCC2. The van der Waals surface area contributed by atoms with Crippen LogP contribution in [0.15, 0.2) is 24.8 Å². The van der Waals surface area contributed by atoms with Crippen LogP contribution in [0, 0.1) is 5.41 Å². The number of rotatable bonds is 0. The average Bonchev–Trinajstić information content (AvgIpc) is 2.74. The van der Waals surface area contributed by atoms with Crippen LogP contribution in [-0.4, -0.2) is 0 Å². The fourth-order valence-corrected chi connectivity index (χ4v) is 3.67. The van der Waals surface area contributed by atoms with E-state index in [1.165, 1.54) is 55.2 Å². The van der Waals surface area contributed by atoms with Crippen LogP contribution in [0.2, 0.25) is 5.02 Å². The van der Waals surface area contributed by atoms with Crippen molar-refractivity contribution in [3.8, 4) is 0 Å². The second-order valence-corrected chi connectivity index (χ2v) is 5.70. The number of allylic oxidation sites excluding steroid dienone is 1. The highest BCUT2D eigenvalue weighted by atomic mass is 35.5. The van der Waals surface area contributed by atoms with Crippen molar-refractivity contribution in [1.29, 1.82) is 0 Å². The Morgan fingerprint density at radius 3 is 2.62 bits per heavy atom. The molecule has 0 aromatic heterocycles. The third kappa shape index (κ3) is 1.43. The lowest BCUT2D eigenvalue weighted by Gasteiger charge is -2.37. The van der Waals surface area contributed by atoms with Crippen molar-refractivity contribution in [3.63, 3.8) is 0 Å². The first-order valence-corrected chi connectivity index (χ1v) is 6.57. The van der Waals surface area contributed by atoms with Crippen molar-refractivity contribution in [1.82, 2.24) is 0 Å². The Hall–Kier alpha value is -0.750. The average molecular weight is 233 g/mol. The highest BCUT2D eigenvalue weighted by Crippen LogP contribution is 2.54. The summed E-state index contributed by atoms with van der Waals surface area (Å²) >= 11 is 6.05. The Kier molecular flexibility index (Phi) is 2.36. The maximum atomic E-state index is 6.05. The summed E-state index contributed by atoms with van der Waals surface area (Å²) in [5.41, 5.74) is 4.58. The van der Waals surface area contributed by atoms with Crippen LogP contribution in [0.3, 0.4) is 0 Å². The highest BCUT2D eigenvalue weighted by Gasteiger charge is 2.39. The lowest BCUT2D eigenvalue weighted by atomic mass is 9.67. The topological polar surface area (TPSA) is 0 Å². The van der Waals surface area contributed by atoms with Gasteiger partial charge in [0.25, 0.3) is 0 Å². The Bertz CT molecular complexity index is 439. The third-order valence-electron chi connectivity index (χ3n) is 4.47. The van der Waals surface area contributed by atoms with Crippen molar-refractivity contribution in [2.45, 2.75) is 38.5 Å². The molecule has 0 aliphatic heterocycles. The van der Waals surface area contributed by atoms with Crippen LogP contribution >= 0.6 is 11.6 Å². The van der Waals surface area contributed by atoms with Crippen molar-refractivity contribution in [2.24, 2.45) is 5.41 Å². The normalized spacial score (nSPS) is 22.4. The van der Waals surface area contributed by atoms with Gasteiger partial charge in [-0.2, -0.15) is 0 Å². The Morgan fingerprint density at radius 1 is 1.12 bits per heavy atom. The summed E-state index contributed by atoms with van der Waals surface area (Å²) in [5, 5.41) is 0.855. The first-order valence-electron chi connectivity index (χ1n) is 6.19.